The minimum atomic E-state index is -0.765. The molecule has 0 spiro atoms. The Kier molecular flexibility index (Phi) is 25.2. The Bertz CT molecular complexity index is 489. The number of esters is 2. The molecule has 0 aliphatic carbocycles. The van der Waals surface area contributed by atoms with Crippen LogP contribution >= 0.6 is 0 Å². The molecular formula is C29H54O5. The molecule has 200 valence electrons. The van der Waals surface area contributed by atoms with E-state index in [1.165, 1.54) is 70.6 Å². The zero-order valence-corrected chi connectivity index (χ0v) is 22.4. The fourth-order valence-corrected chi connectivity index (χ4v) is 3.83. The molecule has 0 saturated carbocycles. The summed E-state index contributed by atoms with van der Waals surface area (Å²) in [5.74, 6) is -0.606. The van der Waals surface area contributed by atoms with Crippen LogP contribution in [0.15, 0.2) is 12.2 Å². The highest BCUT2D eigenvalue weighted by atomic mass is 16.6. The molecule has 0 aromatic heterocycles. The third kappa shape index (κ3) is 23.8. The number of allylic oxidation sites excluding steroid dienone is 2. The maximum Gasteiger partial charge on any atom is 0.306 e. The van der Waals surface area contributed by atoms with Gasteiger partial charge in [0.05, 0.1) is 6.61 Å². The van der Waals surface area contributed by atoms with Crippen LogP contribution in [0.25, 0.3) is 0 Å². The summed E-state index contributed by atoms with van der Waals surface area (Å²) < 4.78 is 10.5. The second-order valence-electron chi connectivity index (χ2n) is 9.48. The number of carbonyl (C=O) groups excluding carboxylic acids is 2. The van der Waals surface area contributed by atoms with Gasteiger partial charge in [0.15, 0.2) is 6.10 Å². The van der Waals surface area contributed by atoms with E-state index in [0.29, 0.717) is 12.8 Å². The Morgan fingerprint density at radius 1 is 0.647 bits per heavy atom. The molecule has 0 rings (SSSR count). The average Bonchev–Trinajstić information content (AvgIpc) is 2.84. The molecular weight excluding hydrogens is 428 g/mol. The molecule has 0 radical (unpaired) electrons. The smallest absolute Gasteiger partial charge is 0.306 e. The normalized spacial score (nSPS) is 12.2. The molecule has 34 heavy (non-hydrogen) atoms. The van der Waals surface area contributed by atoms with Crippen molar-refractivity contribution < 1.29 is 24.2 Å². The zero-order valence-electron chi connectivity index (χ0n) is 22.4. The van der Waals surface area contributed by atoms with Crippen LogP contribution in [0.4, 0.5) is 0 Å². The van der Waals surface area contributed by atoms with Gasteiger partial charge in [0.1, 0.15) is 6.61 Å². The second-order valence-corrected chi connectivity index (χ2v) is 9.48. The van der Waals surface area contributed by atoms with Gasteiger partial charge in [-0.25, -0.2) is 0 Å². The van der Waals surface area contributed by atoms with Gasteiger partial charge in [-0.15, -0.1) is 0 Å². The van der Waals surface area contributed by atoms with Crippen LogP contribution in [-0.4, -0.2) is 36.4 Å². The van der Waals surface area contributed by atoms with Gasteiger partial charge in [-0.05, 0) is 32.1 Å². The number of hydrogen-bond donors (Lipinski definition) is 1. The number of hydrogen-bond acceptors (Lipinski definition) is 5. The standard InChI is InChI=1S/C29H54O5/c1-3-5-7-9-11-13-14-16-18-20-22-24-29(32)34-27(25-30)26-33-28(31)23-21-19-17-15-12-10-8-6-4-2/h9,11,27,30H,3-8,10,12-26H2,1-2H3/b11-9-. The summed E-state index contributed by atoms with van der Waals surface area (Å²) >= 11 is 0. The summed E-state index contributed by atoms with van der Waals surface area (Å²) in [5, 5.41) is 9.42. The van der Waals surface area contributed by atoms with E-state index in [-0.39, 0.29) is 25.2 Å². The summed E-state index contributed by atoms with van der Waals surface area (Å²) in [7, 11) is 0. The van der Waals surface area contributed by atoms with E-state index in [1.807, 2.05) is 0 Å². The van der Waals surface area contributed by atoms with Crippen molar-refractivity contribution in [3.05, 3.63) is 12.2 Å². The number of carbonyl (C=O) groups is 2. The van der Waals surface area contributed by atoms with Crippen LogP contribution < -0.4 is 0 Å². The molecule has 0 saturated heterocycles. The van der Waals surface area contributed by atoms with Crippen molar-refractivity contribution in [3.63, 3.8) is 0 Å². The highest BCUT2D eigenvalue weighted by molar-refractivity contribution is 5.70. The summed E-state index contributed by atoms with van der Waals surface area (Å²) in [5.41, 5.74) is 0. The zero-order chi connectivity index (χ0) is 25.1. The molecule has 0 aliphatic heterocycles. The first-order valence-corrected chi connectivity index (χ1v) is 14.2. The molecule has 0 bridgehead atoms. The molecule has 1 atom stereocenters. The largest absolute Gasteiger partial charge is 0.462 e. The highest BCUT2D eigenvalue weighted by Gasteiger charge is 2.16. The lowest BCUT2D eigenvalue weighted by Crippen LogP contribution is -2.28. The van der Waals surface area contributed by atoms with E-state index in [9.17, 15) is 14.7 Å². The van der Waals surface area contributed by atoms with E-state index in [1.54, 1.807) is 0 Å². The Balaban J connectivity index is 3.63. The SMILES string of the molecule is CCCC/C=C\CCCCCCCC(=O)OC(CO)COC(=O)CCCCCCCCCCC. The minimum Gasteiger partial charge on any atom is -0.462 e. The number of unbranched alkanes of at least 4 members (excludes halogenated alkanes) is 15. The van der Waals surface area contributed by atoms with Crippen LogP contribution in [0.3, 0.4) is 0 Å². The predicted octanol–water partition coefficient (Wildman–Crippen LogP) is 7.83. The predicted molar refractivity (Wildman–Crippen MR) is 141 cm³/mol. The summed E-state index contributed by atoms with van der Waals surface area (Å²) in [6.45, 7) is 4.04. The van der Waals surface area contributed by atoms with Gasteiger partial charge in [0.25, 0.3) is 0 Å². The van der Waals surface area contributed by atoms with Gasteiger partial charge in [-0.1, -0.05) is 109 Å². The first-order chi connectivity index (χ1) is 16.6. The maximum absolute atomic E-state index is 12.0. The lowest BCUT2D eigenvalue weighted by atomic mass is 10.1. The average molecular weight is 483 g/mol. The van der Waals surface area contributed by atoms with Crippen molar-refractivity contribution in [2.75, 3.05) is 13.2 Å². The maximum atomic E-state index is 12.0. The monoisotopic (exact) mass is 482 g/mol. The third-order valence-electron chi connectivity index (χ3n) is 6.06. The van der Waals surface area contributed by atoms with E-state index in [0.717, 1.165) is 44.9 Å². The lowest BCUT2D eigenvalue weighted by Gasteiger charge is -2.15. The summed E-state index contributed by atoms with van der Waals surface area (Å²) in [6.07, 6.45) is 25.5. The Labute approximate surface area is 210 Å². The second kappa shape index (κ2) is 26.2. The van der Waals surface area contributed by atoms with E-state index >= 15 is 0 Å². The molecule has 0 aromatic rings. The fourth-order valence-electron chi connectivity index (χ4n) is 3.83. The van der Waals surface area contributed by atoms with Crippen LogP contribution in [-0.2, 0) is 19.1 Å². The van der Waals surface area contributed by atoms with E-state index in [2.05, 4.69) is 26.0 Å². The van der Waals surface area contributed by atoms with Crippen molar-refractivity contribution in [1.29, 1.82) is 0 Å². The molecule has 0 aromatic carbocycles. The fraction of sp³-hybridized carbons (Fsp3) is 0.862. The number of aliphatic hydroxyl groups excluding tert-OH is 1. The molecule has 0 heterocycles. The van der Waals surface area contributed by atoms with Gasteiger partial charge in [-0.3, -0.25) is 9.59 Å². The van der Waals surface area contributed by atoms with Crippen molar-refractivity contribution in [2.45, 2.75) is 148 Å². The topological polar surface area (TPSA) is 72.8 Å². The molecule has 0 amide bonds. The quantitative estimate of drug-likeness (QED) is 0.0815. The Morgan fingerprint density at radius 3 is 1.68 bits per heavy atom. The minimum absolute atomic E-state index is 0.0652. The van der Waals surface area contributed by atoms with Crippen molar-refractivity contribution in [3.8, 4) is 0 Å². The Morgan fingerprint density at radius 2 is 1.12 bits per heavy atom. The molecule has 5 heteroatoms. The van der Waals surface area contributed by atoms with Crippen LogP contribution in [0.5, 0.6) is 0 Å². The van der Waals surface area contributed by atoms with Crippen molar-refractivity contribution in [1.82, 2.24) is 0 Å². The van der Waals surface area contributed by atoms with Gasteiger partial charge >= 0.3 is 11.9 Å². The number of aliphatic hydroxyl groups is 1. The van der Waals surface area contributed by atoms with Gasteiger partial charge in [0.2, 0.25) is 0 Å². The van der Waals surface area contributed by atoms with Crippen molar-refractivity contribution in [2.24, 2.45) is 0 Å². The molecule has 5 nitrogen and oxygen atoms in total. The first kappa shape index (κ1) is 32.6. The first-order valence-electron chi connectivity index (χ1n) is 14.2. The van der Waals surface area contributed by atoms with Crippen molar-refractivity contribution >= 4 is 11.9 Å². The van der Waals surface area contributed by atoms with Crippen LogP contribution in [0, 0.1) is 0 Å². The molecule has 1 N–H and O–H groups in total. The molecule has 0 aliphatic rings. The van der Waals surface area contributed by atoms with E-state index in [4.69, 9.17) is 9.47 Å². The van der Waals surface area contributed by atoms with Gasteiger partial charge in [0, 0.05) is 12.8 Å². The van der Waals surface area contributed by atoms with Gasteiger partial charge < -0.3 is 14.6 Å². The molecule has 0 fully saturated rings. The van der Waals surface area contributed by atoms with Crippen LogP contribution in [0.2, 0.25) is 0 Å². The van der Waals surface area contributed by atoms with E-state index < -0.39 is 6.10 Å². The lowest BCUT2D eigenvalue weighted by molar-refractivity contribution is -0.161. The third-order valence-corrected chi connectivity index (χ3v) is 6.06. The number of rotatable bonds is 25. The summed E-state index contributed by atoms with van der Waals surface area (Å²) in [6, 6.07) is 0. The highest BCUT2D eigenvalue weighted by Crippen LogP contribution is 2.12. The summed E-state index contributed by atoms with van der Waals surface area (Å²) in [4.78, 5) is 23.9. The Hall–Kier alpha value is -1.36. The van der Waals surface area contributed by atoms with Gasteiger partial charge in [-0.2, -0.15) is 0 Å². The van der Waals surface area contributed by atoms with Crippen LogP contribution in [0.1, 0.15) is 142 Å². The molecule has 1 unspecified atom stereocenters. The number of ether oxygens (including phenoxy) is 2.